The lowest BCUT2D eigenvalue weighted by atomic mass is 9.91. The Morgan fingerprint density at radius 2 is 2.00 bits per heavy atom. The van der Waals surface area contributed by atoms with Crippen molar-refractivity contribution >= 4 is 27.9 Å². The van der Waals surface area contributed by atoms with E-state index in [0.29, 0.717) is 24.5 Å². The van der Waals surface area contributed by atoms with E-state index in [1.807, 2.05) is 19.1 Å². The minimum Gasteiger partial charge on any atom is -0.382 e. The number of pyridine rings is 2. The Balaban J connectivity index is 2.07. The van der Waals surface area contributed by atoms with Crippen LogP contribution in [0.25, 0.3) is 22.1 Å². The van der Waals surface area contributed by atoms with Gasteiger partial charge in [0, 0.05) is 19.9 Å². The zero-order valence-electron chi connectivity index (χ0n) is 15.4. The molecule has 0 amide bonds. The van der Waals surface area contributed by atoms with E-state index in [2.05, 4.69) is 14.5 Å². The van der Waals surface area contributed by atoms with Gasteiger partial charge < -0.3 is 15.2 Å². The van der Waals surface area contributed by atoms with Crippen LogP contribution in [0.15, 0.2) is 18.3 Å². The lowest BCUT2D eigenvalue weighted by Gasteiger charge is -2.38. The van der Waals surface area contributed by atoms with E-state index in [4.69, 9.17) is 20.2 Å². The van der Waals surface area contributed by atoms with Crippen LogP contribution < -0.4 is 5.73 Å². The third-order valence-corrected chi connectivity index (χ3v) is 5.30. The number of nitrogens with two attached hydrogens (primary N) is 1. The Bertz CT molecular complexity index is 930. The molecule has 0 saturated heterocycles. The summed E-state index contributed by atoms with van der Waals surface area (Å²) in [6.07, 6.45) is 7.11. The number of imidazole rings is 1. The third kappa shape index (κ3) is 2.62. The van der Waals surface area contributed by atoms with Crippen LogP contribution in [-0.2, 0) is 21.8 Å². The van der Waals surface area contributed by atoms with Gasteiger partial charge in [0.1, 0.15) is 34.7 Å². The van der Waals surface area contributed by atoms with Crippen LogP contribution in [-0.4, -0.2) is 33.2 Å². The molecule has 0 aliphatic heterocycles. The van der Waals surface area contributed by atoms with Gasteiger partial charge >= 0.3 is 0 Å². The predicted octanol–water partition coefficient (Wildman–Crippen LogP) is 3.36. The quantitative estimate of drug-likeness (QED) is 0.755. The summed E-state index contributed by atoms with van der Waals surface area (Å²) in [5.74, 6) is 1.23. The molecule has 0 radical (unpaired) electrons. The maximum atomic E-state index is 6.25. The van der Waals surface area contributed by atoms with Crippen molar-refractivity contribution in [3.05, 3.63) is 24.2 Å². The van der Waals surface area contributed by atoms with E-state index < -0.39 is 5.72 Å². The van der Waals surface area contributed by atoms with Crippen molar-refractivity contribution < 1.29 is 9.47 Å². The van der Waals surface area contributed by atoms with Gasteiger partial charge in [-0.3, -0.25) is 9.55 Å². The zero-order chi connectivity index (χ0) is 18.1. The highest BCUT2D eigenvalue weighted by Gasteiger charge is 2.38. The molecule has 0 unspecified atom stereocenters. The maximum absolute atomic E-state index is 6.25. The summed E-state index contributed by atoms with van der Waals surface area (Å²) in [5, 5.41) is 0. The molecule has 7 nitrogen and oxygen atoms in total. The summed E-state index contributed by atoms with van der Waals surface area (Å²) >= 11 is 0. The lowest BCUT2D eigenvalue weighted by Crippen LogP contribution is -2.39. The topological polar surface area (TPSA) is 88.1 Å². The van der Waals surface area contributed by atoms with Gasteiger partial charge in [0.25, 0.3) is 0 Å². The van der Waals surface area contributed by atoms with E-state index >= 15 is 0 Å². The average molecular weight is 355 g/mol. The highest BCUT2D eigenvalue weighted by molar-refractivity contribution is 6.04. The number of ether oxygens (including phenoxy) is 2. The normalized spacial score (nSPS) is 17.2. The molecule has 0 bridgehead atoms. The minimum absolute atomic E-state index is 0.407. The number of nitrogen functional groups attached to an aromatic ring is 1. The number of methoxy groups -OCH3 is 1. The summed E-state index contributed by atoms with van der Waals surface area (Å²) in [4.78, 5) is 13.9. The largest absolute Gasteiger partial charge is 0.382 e. The van der Waals surface area contributed by atoms with E-state index in [1.165, 1.54) is 6.42 Å². The zero-order valence-corrected chi connectivity index (χ0v) is 15.4. The lowest BCUT2D eigenvalue weighted by molar-refractivity contribution is -0.106. The van der Waals surface area contributed by atoms with Crippen molar-refractivity contribution in [3.8, 4) is 0 Å². The number of rotatable bonds is 5. The van der Waals surface area contributed by atoms with Crippen LogP contribution in [0.5, 0.6) is 0 Å². The van der Waals surface area contributed by atoms with Crippen molar-refractivity contribution in [1.82, 2.24) is 19.5 Å². The fourth-order valence-electron chi connectivity index (χ4n) is 4.07. The SMILES string of the molecule is CCOCc1nc2c(N)nc3cccnc3c2n1C1(OC)CCCCC1. The predicted molar refractivity (Wildman–Crippen MR) is 101 cm³/mol. The van der Waals surface area contributed by atoms with Gasteiger partial charge in [0.15, 0.2) is 5.82 Å². The molecule has 0 aromatic carbocycles. The van der Waals surface area contributed by atoms with Gasteiger partial charge in [0.05, 0.1) is 5.52 Å². The van der Waals surface area contributed by atoms with Crippen molar-refractivity contribution in [3.63, 3.8) is 0 Å². The first-order valence-corrected chi connectivity index (χ1v) is 9.25. The van der Waals surface area contributed by atoms with Crippen LogP contribution in [0.2, 0.25) is 0 Å². The van der Waals surface area contributed by atoms with Crippen LogP contribution >= 0.6 is 0 Å². The summed E-state index contributed by atoms with van der Waals surface area (Å²) < 4.78 is 14.0. The molecule has 0 atom stereocenters. The Labute approximate surface area is 152 Å². The number of nitrogens with zero attached hydrogens (tertiary/aromatic N) is 4. The molecular weight excluding hydrogens is 330 g/mol. The number of hydrogen-bond acceptors (Lipinski definition) is 6. The molecule has 2 N–H and O–H groups in total. The number of aromatic nitrogens is 4. The molecule has 1 saturated carbocycles. The van der Waals surface area contributed by atoms with Crippen LogP contribution in [0.3, 0.4) is 0 Å². The van der Waals surface area contributed by atoms with Crippen LogP contribution in [0, 0.1) is 0 Å². The Morgan fingerprint density at radius 1 is 1.19 bits per heavy atom. The van der Waals surface area contributed by atoms with E-state index in [1.54, 1.807) is 13.3 Å². The van der Waals surface area contributed by atoms with Gasteiger partial charge in [0.2, 0.25) is 0 Å². The summed E-state index contributed by atoms with van der Waals surface area (Å²) in [5.41, 5.74) is 8.94. The second kappa shape index (κ2) is 6.81. The van der Waals surface area contributed by atoms with Gasteiger partial charge in [-0.25, -0.2) is 9.97 Å². The highest BCUT2D eigenvalue weighted by Crippen LogP contribution is 2.41. The molecule has 0 spiro atoms. The Morgan fingerprint density at radius 3 is 2.73 bits per heavy atom. The first-order valence-electron chi connectivity index (χ1n) is 9.25. The molecule has 1 aliphatic rings. The molecule has 3 aromatic rings. The molecule has 4 rings (SSSR count). The smallest absolute Gasteiger partial charge is 0.152 e. The monoisotopic (exact) mass is 355 g/mol. The van der Waals surface area contributed by atoms with E-state index in [0.717, 1.165) is 48.1 Å². The summed E-state index contributed by atoms with van der Waals surface area (Å²) in [6, 6.07) is 3.80. The molecule has 1 aliphatic carbocycles. The summed E-state index contributed by atoms with van der Waals surface area (Å²) in [6.45, 7) is 3.01. The van der Waals surface area contributed by atoms with Gasteiger partial charge in [-0.05, 0) is 44.7 Å². The Kier molecular flexibility index (Phi) is 4.50. The highest BCUT2D eigenvalue weighted by atomic mass is 16.5. The Hall–Kier alpha value is -2.25. The van der Waals surface area contributed by atoms with Crippen molar-refractivity contribution in [2.24, 2.45) is 0 Å². The average Bonchev–Trinajstić information content (AvgIpc) is 3.08. The molecule has 26 heavy (non-hydrogen) atoms. The standard InChI is InChI=1S/C19H25N5O2/c1-3-26-12-14-23-16-17(15-13(22-18(16)20)8-7-11-21-15)24(14)19(25-2)9-5-4-6-10-19/h7-8,11H,3-6,9-10,12H2,1-2H3,(H2,20,22). The number of anilines is 1. The molecule has 1 fully saturated rings. The molecule has 3 heterocycles. The molecule has 138 valence electrons. The van der Waals surface area contributed by atoms with Crippen LogP contribution in [0.4, 0.5) is 5.82 Å². The third-order valence-electron chi connectivity index (χ3n) is 5.30. The van der Waals surface area contributed by atoms with Crippen molar-refractivity contribution in [2.45, 2.75) is 51.4 Å². The number of hydrogen-bond donors (Lipinski definition) is 1. The fourth-order valence-corrected chi connectivity index (χ4v) is 4.07. The summed E-state index contributed by atoms with van der Waals surface area (Å²) in [7, 11) is 1.78. The van der Waals surface area contributed by atoms with Gasteiger partial charge in [-0.15, -0.1) is 0 Å². The molecule has 7 heteroatoms. The van der Waals surface area contributed by atoms with Gasteiger partial charge in [-0.1, -0.05) is 6.42 Å². The van der Waals surface area contributed by atoms with E-state index in [9.17, 15) is 0 Å². The first kappa shape index (κ1) is 17.2. The molecular formula is C19H25N5O2. The second-order valence-electron chi connectivity index (χ2n) is 6.78. The van der Waals surface area contributed by atoms with Crippen molar-refractivity contribution in [2.75, 3.05) is 19.5 Å². The van der Waals surface area contributed by atoms with E-state index in [-0.39, 0.29) is 0 Å². The molecule has 3 aromatic heterocycles. The van der Waals surface area contributed by atoms with Gasteiger partial charge in [-0.2, -0.15) is 0 Å². The van der Waals surface area contributed by atoms with Crippen molar-refractivity contribution in [1.29, 1.82) is 0 Å². The number of fused-ring (bicyclic) bond motifs is 3. The first-order chi connectivity index (χ1) is 12.7. The second-order valence-corrected chi connectivity index (χ2v) is 6.78. The minimum atomic E-state index is -0.447. The fraction of sp³-hybridized carbons (Fsp3) is 0.526. The van der Waals surface area contributed by atoms with Crippen LogP contribution in [0.1, 0.15) is 44.9 Å². The maximum Gasteiger partial charge on any atom is 0.152 e.